The van der Waals surface area contributed by atoms with Crippen molar-refractivity contribution in [3.8, 4) is 0 Å². The van der Waals surface area contributed by atoms with Crippen LogP contribution >= 0.6 is 11.6 Å². The van der Waals surface area contributed by atoms with E-state index in [9.17, 15) is 4.39 Å². The van der Waals surface area contributed by atoms with E-state index < -0.39 is 0 Å². The zero-order valence-corrected chi connectivity index (χ0v) is 11.8. The molecule has 2 aromatic rings. The first-order chi connectivity index (χ1) is 9.72. The number of halogens is 2. The number of nitrogens with one attached hydrogen (secondary N) is 2. The van der Waals surface area contributed by atoms with Crippen LogP contribution < -0.4 is 10.6 Å². The maximum atomic E-state index is 13.4. The molecule has 1 unspecified atom stereocenters. The summed E-state index contributed by atoms with van der Waals surface area (Å²) in [6, 6.07) is 13.0. The van der Waals surface area contributed by atoms with E-state index in [-0.39, 0.29) is 11.9 Å². The molecule has 2 aromatic carbocycles. The fourth-order valence-electron chi connectivity index (χ4n) is 2.65. The quantitative estimate of drug-likeness (QED) is 0.869. The molecule has 20 heavy (non-hydrogen) atoms. The number of hydrogen-bond donors (Lipinski definition) is 2. The average molecular weight is 291 g/mol. The maximum absolute atomic E-state index is 13.4. The molecule has 3 rings (SSSR count). The van der Waals surface area contributed by atoms with Crippen molar-refractivity contribution in [1.29, 1.82) is 0 Å². The van der Waals surface area contributed by atoms with Crippen molar-refractivity contribution < 1.29 is 4.39 Å². The summed E-state index contributed by atoms with van der Waals surface area (Å²) in [7, 11) is 0. The molecule has 0 fully saturated rings. The summed E-state index contributed by atoms with van der Waals surface area (Å²) in [6.45, 7) is 1.80. The monoisotopic (exact) mass is 290 g/mol. The molecule has 2 N–H and O–H groups in total. The summed E-state index contributed by atoms with van der Waals surface area (Å²) >= 11 is 5.91. The van der Waals surface area contributed by atoms with Crippen LogP contribution in [0.1, 0.15) is 23.6 Å². The largest absolute Gasteiger partial charge is 0.378 e. The van der Waals surface area contributed by atoms with Crippen LogP contribution in [0.25, 0.3) is 0 Å². The number of rotatable bonds is 2. The van der Waals surface area contributed by atoms with Crippen molar-refractivity contribution in [3.05, 3.63) is 64.4 Å². The molecule has 1 heterocycles. The van der Waals surface area contributed by atoms with Crippen molar-refractivity contribution in [1.82, 2.24) is 5.32 Å². The first kappa shape index (κ1) is 13.4. The number of benzene rings is 2. The summed E-state index contributed by atoms with van der Waals surface area (Å²) in [5.41, 5.74) is 3.26. The van der Waals surface area contributed by atoms with Crippen molar-refractivity contribution in [3.63, 3.8) is 0 Å². The predicted molar refractivity (Wildman–Crippen MR) is 80.5 cm³/mol. The van der Waals surface area contributed by atoms with Gasteiger partial charge in [0, 0.05) is 17.3 Å². The lowest BCUT2D eigenvalue weighted by atomic mass is 9.99. The SMILES string of the molecule is Fc1cc(Cl)cc(NC2CCNCc3ccccc32)c1. The van der Waals surface area contributed by atoms with Gasteiger partial charge in [0.15, 0.2) is 0 Å². The fraction of sp³-hybridized carbons (Fsp3) is 0.250. The normalized spacial score (nSPS) is 18.2. The van der Waals surface area contributed by atoms with E-state index >= 15 is 0 Å². The molecule has 0 aromatic heterocycles. The van der Waals surface area contributed by atoms with Gasteiger partial charge in [0.2, 0.25) is 0 Å². The van der Waals surface area contributed by atoms with E-state index in [1.165, 1.54) is 23.3 Å². The minimum absolute atomic E-state index is 0.166. The van der Waals surface area contributed by atoms with Crippen molar-refractivity contribution in [2.75, 3.05) is 11.9 Å². The lowest BCUT2D eigenvalue weighted by molar-refractivity contribution is 0.624. The van der Waals surface area contributed by atoms with Crippen molar-refractivity contribution >= 4 is 17.3 Å². The molecular formula is C16H16ClFN2. The highest BCUT2D eigenvalue weighted by Crippen LogP contribution is 2.28. The molecule has 1 aliphatic heterocycles. The number of fused-ring (bicyclic) bond motifs is 1. The molecule has 104 valence electrons. The lowest BCUT2D eigenvalue weighted by Crippen LogP contribution is -2.15. The molecule has 0 saturated carbocycles. The van der Waals surface area contributed by atoms with Crippen LogP contribution in [0.15, 0.2) is 42.5 Å². The minimum Gasteiger partial charge on any atom is -0.378 e. The van der Waals surface area contributed by atoms with Crippen molar-refractivity contribution in [2.45, 2.75) is 19.0 Å². The maximum Gasteiger partial charge on any atom is 0.126 e. The van der Waals surface area contributed by atoms with Crippen LogP contribution in [0.2, 0.25) is 5.02 Å². The second-order valence-corrected chi connectivity index (χ2v) is 5.46. The van der Waals surface area contributed by atoms with Gasteiger partial charge in [-0.2, -0.15) is 0 Å². The first-order valence-electron chi connectivity index (χ1n) is 6.73. The standard InChI is InChI=1S/C16H16ClFN2/c17-12-7-13(18)9-14(8-12)20-16-5-6-19-10-11-3-1-2-4-15(11)16/h1-4,7-9,16,19-20H,5-6,10H2. The van der Waals surface area contributed by atoms with Crippen LogP contribution in [-0.4, -0.2) is 6.54 Å². The molecule has 0 saturated heterocycles. The van der Waals surface area contributed by atoms with E-state index in [0.717, 1.165) is 25.2 Å². The average Bonchev–Trinajstić information content (AvgIpc) is 2.61. The van der Waals surface area contributed by atoms with Gasteiger partial charge in [-0.15, -0.1) is 0 Å². The highest BCUT2D eigenvalue weighted by Gasteiger charge is 2.18. The lowest BCUT2D eigenvalue weighted by Gasteiger charge is -2.20. The van der Waals surface area contributed by atoms with Gasteiger partial charge in [-0.05, 0) is 42.3 Å². The van der Waals surface area contributed by atoms with Crippen LogP contribution in [-0.2, 0) is 6.54 Å². The third-order valence-electron chi connectivity index (χ3n) is 3.56. The van der Waals surface area contributed by atoms with E-state index in [0.29, 0.717) is 5.02 Å². The van der Waals surface area contributed by atoms with Gasteiger partial charge >= 0.3 is 0 Å². The molecule has 0 bridgehead atoms. The Kier molecular flexibility index (Phi) is 3.90. The predicted octanol–water partition coefficient (Wildman–Crippen LogP) is 4.13. The van der Waals surface area contributed by atoms with Gasteiger partial charge in [-0.1, -0.05) is 35.9 Å². The topological polar surface area (TPSA) is 24.1 Å². The highest BCUT2D eigenvalue weighted by atomic mass is 35.5. The Labute approximate surface area is 123 Å². The highest BCUT2D eigenvalue weighted by molar-refractivity contribution is 6.30. The summed E-state index contributed by atoms with van der Waals surface area (Å²) < 4.78 is 13.4. The van der Waals surface area contributed by atoms with Gasteiger partial charge < -0.3 is 10.6 Å². The summed E-state index contributed by atoms with van der Waals surface area (Å²) in [4.78, 5) is 0. The second-order valence-electron chi connectivity index (χ2n) is 5.02. The smallest absolute Gasteiger partial charge is 0.126 e. The fourth-order valence-corrected chi connectivity index (χ4v) is 2.87. The van der Waals surface area contributed by atoms with E-state index in [1.54, 1.807) is 6.07 Å². The molecule has 0 aliphatic carbocycles. The molecule has 0 radical (unpaired) electrons. The zero-order valence-electron chi connectivity index (χ0n) is 11.0. The van der Waals surface area contributed by atoms with Crippen molar-refractivity contribution in [2.24, 2.45) is 0 Å². The minimum atomic E-state index is -0.319. The van der Waals surface area contributed by atoms with Crippen LogP contribution in [0.3, 0.4) is 0 Å². The Bertz CT molecular complexity index is 595. The summed E-state index contributed by atoms with van der Waals surface area (Å²) in [5, 5.41) is 7.21. The Morgan fingerprint density at radius 1 is 1.20 bits per heavy atom. The van der Waals surface area contributed by atoms with Gasteiger partial charge in [0.1, 0.15) is 5.82 Å². The van der Waals surface area contributed by atoms with Crippen LogP contribution in [0.4, 0.5) is 10.1 Å². The first-order valence-corrected chi connectivity index (χ1v) is 7.11. The van der Waals surface area contributed by atoms with Gasteiger partial charge in [-0.3, -0.25) is 0 Å². The van der Waals surface area contributed by atoms with Gasteiger partial charge in [0.25, 0.3) is 0 Å². The summed E-state index contributed by atoms with van der Waals surface area (Å²) in [6.07, 6.45) is 0.950. The van der Waals surface area contributed by atoms with Crippen LogP contribution in [0, 0.1) is 5.82 Å². The van der Waals surface area contributed by atoms with E-state index in [1.807, 2.05) is 12.1 Å². The Morgan fingerprint density at radius 2 is 2.05 bits per heavy atom. The molecule has 1 atom stereocenters. The molecule has 1 aliphatic rings. The third-order valence-corrected chi connectivity index (χ3v) is 3.78. The molecule has 0 spiro atoms. The van der Waals surface area contributed by atoms with Crippen LogP contribution in [0.5, 0.6) is 0 Å². The molecular weight excluding hydrogens is 275 g/mol. The molecule has 4 heteroatoms. The second kappa shape index (κ2) is 5.81. The van der Waals surface area contributed by atoms with E-state index in [2.05, 4.69) is 22.8 Å². The van der Waals surface area contributed by atoms with E-state index in [4.69, 9.17) is 11.6 Å². The van der Waals surface area contributed by atoms with Gasteiger partial charge in [-0.25, -0.2) is 4.39 Å². The molecule has 2 nitrogen and oxygen atoms in total. The number of anilines is 1. The Morgan fingerprint density at radius 3 is 2.90 bits per heavy atom. The zero-order chi connectivity index (χ0) is 13.9. The molecule has 0 amide bonds. The summed E-state index contributed by atoms with van der Waals surface area (Å²) in [5.74, 6) is -0.319. The Balaban J connectivity index is 1.90. The number of hydrogen-bond acceptors (Lipinski definition) is 2. The third kappa shape index (κ3) is 2.94. The van der Waals surface area contributed by atoms with Gasteiger partial charge in [0.05, 0.1) is 6.04 Å². The Hall–Kier alpha value is -1.58.